The minimum atomic E-state index is -1.00. The Kier molecular flexibility index (Phi) is 116. The first kappa shape index (κ1) is 124. The number of carbonyl (C=O) groups excluding carboxylic acids is 2. The van der Waals surface area contributed by atoms with Crippen LogP contribution in [0.4, 0.5) is 4.39 Å². The van der Waals surface area contributed by atoms with E-state index < -0.39 is 12.6 Å². The van der Waals surface area contributed by atoms with Gasteiger partial charge in [-0.1, -0.05) is 168 Å². The first-order valence-corrected chi connectivity index (χ1v) is 34.6. The van der Waals surface area contributed by atoms with Gasteiger partial charge in [-0.15, -0.1) is 58.8 Å². The van der Waals surface area contributed by atoms with Gasteiger partial charge >= 0.3 is 224 Å². The van der Waals surface area contributed by atoms with Crippen LogP contribution in [0.5, 0.6) is 0 Å². The molecule has 21 nitrogen and oxygen atoms in total. The molecule has 558 valence electrons. The van der Waals surface area contributed by atoms with Gasteiger partial charge in [-0.05, 0) is 79.4 Å². The number of nitrogens with zero attached hydrogens (tertiary/aromatic N) is 11. The van der Waals surface area contributed by atoms with Crippen LogP contribution in [0.2, 0.25) is 0 Å². The molecule has 5 N–H and O–H groups in total. The first-order chi connectivity index (χ1) is 48.3. The molecule has 9 rings (SSSR count). The number of ether oxygens (including phenoxy) is 1. The number of hydrogen-bond acceptors (Lipinski definition) is 20. The van der Waals surface area contributed by atoms with Crippen molar-refractivity contribution < 1.29 is 269 Å². The van der Waals surface area contributed by atoms with E-state index in [0.717, 1.165) is 97.1 Å². The number of hydrogen-bond donors (Lipinski definition) is 3. The molecule has 0 radical (unpaired) electrons. The molecular weight excluding hydrogens is 1630 g/mol. The zero-order valence-corrected chi connectivity index (χ0v) is 79.5. The van der Waals surface area contributed by atoms with E-state index in [1.807, 2.05) is 65.6 Å². The Morgan fingerprint density at radius 1 is 0.657 bits per heavy atom. The molecule has 0 bridgehead atoms. The third kappa shape index (κ3) is 76.3. The van der Waals surface area contributed by atoms with E-state index in [1.54, 1.807) is 12.1 Å². The Bertz CT molecular complexity index is 2850. The van der Waals surface area contributed by atoms with E-state index >= 15 is 0 Å². The van der Waals surface area contributed by atoms with Crippen LogP contribution in [0.25, 0.3) is 4.85 Å². The van der Waals surface area contributed by atoms with Gasteiger partial charge in [-0.25, -0.2) is 6.57 Å². The van der Waals surface area contributed by atoms with Crippen molar-refractivity contribution in [2.75, 3.05) is 129 Å². The predicted molar refractivity (Wildman–Crippen MR) is 409 cm³/mol. The smallest absolute Gasteiger partial charge is 1.00 e. The minimum Gasteiger partial charge on any atom is -1.00 e. The molecule has 0 saturated carbocycles. The van der Waals surface area contributed by atoms with Crippen molar-refractivity contribution in [3.8, 4) is 24.3 Å². The predicted octanol–water partition coefficient (Wildman–Crippen LogP) is -4.22. The summed E-state index contributed by atoms with van der Waals surface area (Å²) in [7, 11) is -1.00. The molecule has 4 heterocycles. The van der Waals surface area contributed by atoms with Gasteiger partial charge in [-0.2, -0.15) is 31.3 Å². The molecule has 34 heteroatoms. The van der Waals surface area contributed by atoms with Gasteiger partial charge in [0.1, 0.15) is 11.5 Å². The summed E-state index contributed by atoms with van der Waals surface area (Å²) in [6, 6.07) is 59.6. The number of piperidine rings is 2. The molecule has 5 aromatic carbocycles. The quantitative estimate of drug-likeness (QED) is 0.00722. The largest absolute Gasteiger partial charge is 1.00 e. The van der Waals surface area contributed by atoms with Gasteiger partial charge in [0.05, 0.1) is 39.8 Å². The van der Waals surface area contributed by atoms with Crippen LogP contribution in [-0.2, 0) is 55.6 Å². The second-order valence-corrected chi connectivity index (χ2v) is 23.0. The maximum atomic E-state index is 9.96. The maximum Gasteiger partial charge on any atom is 1.00 e. The van der Waals surface area contributed by atoms with Gasteiger partial charge in [0.2, 0.25) is 0 Å². The molecule has 4 aliphatic heterocycles. The summed E-state index contributed by atoms with van der Waals surface area (Å²) < 4.78 is 20.4. The Balaban J connectivity index is -0.0000000866. The summed E-state index contributed by atoms with van der Waals surface area (Å²) in [4.78, 5) is 34.3. The van der Waals surface area contributed by atoms with Crippen molar-refractivity contribution in [1.29, 1.82) is 21.0 Å². The maximum absolute atomic E-state index is 9.96. The van der Waals surface area contributed by atoms with E-state index in [-0.39, 0.29) is 278 Å². The van der Waals surface area contributed by atoms with E-state index in [1.165, 1.54) is 73.5 Å². The monoisotopic (exact) mass is 1730 g/mol. The Morgan fingerprint density at radius 3 is 1.21 bits per heavy atom. The molecule has 0 unspecified atom stereocenters. The fraction of sp³-hybridized carbons (Fsp3) is 0.479. The van der Waals surface area contributed by atoms with Gasteiger partial charge < -0.3 is 50.9 Å². The molecule has 3 fully saturated rings. The number of halogens is 7. The van der Waals surface area contributed by atoms with Gasteiger partial charge in [0, 0.05) is 133 Å². The van der Waals surface area contributed by atoms with Gasteiger partial charge in [0.25, 0.3) is 19.5 Å². The number of alkyl halides is 6. The second kappa shape index (κ2) is 97.6. The molecule has 1 spiro atoms. The van der Waals surface area contributed by atoms with Gasteiger partial charge in [-0.3, -0.25) is 33.6 Å². The van der Waals surface area contributed by atoms with E-state index in [4.69, 9.17) is 112 Å². The fourth-order valence-corrected chi connectivity index (χ4v) is 9.86. The SMILES string of the molecule is BrCc1ccccc1.C1CCOC1.CC#N.Cl.ClCCN(CCCl)Cc1ccccc1.ClCCNCCCl.N#CC1(C#N)CCN(Cc2ccccc2)CC1.NCN(CN)Cc1ccccc1.O=CO[O-].O=CO[O-].[2H]CF.[AlH3].[C-]#[N+]CC#N.[H-].[H-].[H-].[K+].[K+].[K+].[K+].[Li+].c1ccc(CN2CCC3(CC2)CN=NC3)cc1. The Labute approximate surface area is 859 Å². The third-order valence-electron chi connectivity index (χ3n) is 13.9. The molecule has 5 aromatic rings. The molecule has 3 saturated heterocycles. The molecule has 0 atom stereocenters. The molecular formula is C71H105AlBrCl5FK4LiN14O7. The van der Waals surface area contributed by atoms with Gasteiger partial charge in [0.15, 0.2) is 17.4 Å². The Morgan fingerprint density at radius 2 is 0.971 bits per heavy atom. The third-order valence-corrected chi connectivity index (χ3v) is 15.2. The van der Waals surface area contributed by atoms with Crippen molar-refractivity contribution in [3.63, 3.8) is 0 Å². The number of carbonyl (C=O) groups is 2. The van der Waals surface area contributed by atoms with E-state index in [9.17, 15) is 4.39 Å². The van der Waals surface area contributed by atoms with Crippen molar-refractivity contribution in [2.45, 2.75) is 77.0 Å². The van der Waals surface area contributed by atoms with Crippen molar-refractivity contribution in [2.24, 2.45) is 32.5 Å². The average Bonchev–Trinajstić information content (AvgIpc) is 1.76. The van der Waals surface area contributed by atoms with Crippen LogP contribution < -0.4 is 252 Å². The zero-order chi connectivity index (χ0) is 74.0. The molecule has 0 amide bonds. The summed E-state index contributed by atoms with van der Waals surface area (Å²) >= 11 is 25.4. The van der Waals surface area contributed by atoms with E-state index in [0.29, 0.717) is 55.1 Å². The van der Waals surface area contributed by atoms with Crippen LogP contribution in [0.3, 0.4) is 0 Å². The number of nitrogens with two attached hydrogens (primary N) is 2. The van der Waals surface area contributed by atoms with Crippen molar-refractivity contribution in [1.82, 2.24) is 24.9 Å². The second-order valence-electron chi connectivity index (χ2n) is 20.9. The van der Waals surface area contributed by atoms with Crippen molar-refractivity contribution in [3.05, 3.63) is 191 Å². The summed E-state index contributed by atoms with van der Waals surface area (Å²) in [5, 5.41) is 62.2. The summed E-state index contributed by atoms with van der Waals surface area (Å²) in [5.41, 5.74) is 17.2. The number of nitrogens with one attached hydrogen (secondary N) is 1. The summed E-state index contributed by atoms with van der Waals surface area (Å²) in [6.07, 6.45) is 6.39. The molecule has 0 aromatic heterocycles. The summed E-state index contributed by atoms with van der Waals surface area (Å²) in [5.74, 6) is 2.64. The van der Waals surface area contributed by atoms with Crippen LogP contribution in [0, 0.1) is 62.7 Å². The van der Waals surface area contributed by atoms with Crippen LogP contribution in [0.15, 0.2) is 162 Å². The topological polar surface area (TPSA) is 309 Å². The minimum absolute atomic E-state index is 0. The number of benzene rings is 5. The van der Waals surface area contributed by atoms with E-state index in [2.05, 4.69) is 164 Å². The average molecular weight is 1730 g/mol. The van der Waals surface area contributed by atoms with Crippen molar-refractivity contribution >= 4 is 105 Å². The normalized spacial score (nSPS) is 12.9. The standard InChI is InChI=1S/C14H19N3.C14H15N3.C11H15Cl2N.C9H15N3.C7H7Br.C4H9Cl2N.C4H8O.C3H2N2.C2H3N.CH3F.2CH2O3.Al.ClH.4K.Li.6H/c1-2-4-13(5-3-1)10-17-8-6-14(7-9-17)11-15-16-12-14;15-11-14(12-16)6-8-17(9-7-14)10-13-4-2-1-3-5-13;12-6-8-14(9-7-13)10-11-4-2-1-3-5-11;10-7-12(8-11)6-9-4-2-1-3-5-9;8-6-7-4-2-1-3-5-7;5-1-3-7-4-2-6;1-2-4-5-3-1;1-5-3-2-4;1-2-3;1-2;2*2-1-4-3;;;;;;;;;;;;;/h1-5H,6-12H2;1-5H,6-10H2;1-5H,6-10H2;1-5H,6-8,10-11H2;1-5H,6H2;7H,1-4H2;1-4H2;3H2;1H3;1H3;2*1,3H;;1H;;;;;;;;;;;/q;;;;;;;;;;;;;;5*+1;;;;3*-1/p-2/i;;;;;;;;;1D;;;;;;;;;;;;;;;. The molecule has 0 aliphatic carbocycles. The van der Waals surface area contributed by atoms with Crippen LogP contribution in [-0.4, -0.2) is 179 Å². The number of rotatable bonds is 21. The molecule has 4 aliphatic rings. The number of nitriles is 4. The fourth-order valence-electron chi connectivity index (χ4n) is 8.74. The van der Waals surface area contributed by atoms with Crippen LogP contribution >= 0.6 is 74.7 Å². The number of likely N-dealkylation sites (tertiary alicyclic amines) is 2. The Hall–Kier alpha value is 1.23. The first-order valence-electron chi connectivity index (χ1n) is 32.0. The van der Waals surface area contributed by atoms with Crippen LogP contribution in [0.1, 0.15) is 78.9 Å². The molecule has 105 heavy (non-hydrogen) atoms. The summed E-state index contributed by atoms with van der Waals surface area (Å²) in [6.45, 7) is 23.3. The number of azo groups is 1. The zero-order valence-electron chi connectivity index (χ0n) is 65.6.